The van der Waals surface area contributed by atoms with Crippen LogP contribution in [0.15, 0.2) is 67.1 Å². The lowest BCUT2D eigenvalue weighted by atomic mass is 10.1. The van der Waals surface area contributed by atoms with Crippen molar-refractivity contribution in [3.05, 3.63) is 78.5 Å². The average molecular weight is 465 g/mol. The van der Waals surface area contributed by atoms with Crippen molar-refractivity contribution in [2.24, 2.45) is 0 Å². The summed E-state index contributed by atoms with van der Waals surface area (Å²) in [5, 5.41) is 10.8. The molecule has 0 amide bonds. The minimum absolute atomic E-state index is 0.281. The molecule has 5 heterocycles. The summed E-state index contributed by atoms with van der Waals surface area (Å²) in [7, 11) is 0. The highest BCUT2D eigenvalue weighted by Crippen LogP contribution is 2.31. The molecule has 0 spiro atoms. The summed E-state index contributed by atoms with van der Waals surface area (Å²) in [6.45, 7) is 3.71. The fourth-order valence-corrected chi connectivity index (χ4v) is 4.11. The number of aromatic amines is 2. The molecule has 0 aliphatic carbocycles. The first-order valence-electron chi connectivity index (χ1n) is 11.3. The maximum absolute atomic E-state index is 13.4. The van der Waals surface area contributed by atoms with Gasteiger partial charge in [-0.25, -0.2) is 19.3 Å². The molecule has 0 aliphatic heterocycles. The van der Waals surface area contributed by atoms with Crippen LogP contribution in [0, 0.1) is 5.82 Å². The normalized spacial score (nSPS) is 11.5. The standard InChI is InChI=1S/C26H21FN8/c1-2-28-12-15-11-17(14-29-13-15)20-7-8-21-23(31-20)24(35-34-21)26-32-22-19(9-10-30-25(22)33-26)16-3-5-18(27)6-4-16/h3-11,13-14,28H,2,12H2,1H3,(H,34,35)(H,30,32,33). The number of imidazole rings is 1. The van der Waals surface area contributed by atoms with Gasteiger partial charge in [0.15, 0.2) is 17.2 Å². The summed E-state index contributed by atoms with van der Waals surface area (Å²) in [6, 6.07) is 14.2. The summed E-state index contributed by atoms with van der Waals surface area (Å²) in [4.78, 5) is 21.7. The van der Waals surface area contributed by atoms with Crippen LogP contribution in [-0.2, 0) is 6.54 Å². The third-order valence-electron chi connectivity index (χ3n) is 5.85. The summed E-state index contributed by atoms with van der Waals surface area (Å²) in [5.41, 5.74) is 7.96. The number of aromatic nitrogens is 7. The zero-order valence-corrected chi connectivity index (χ0v) is 18.9. The number of nitrogens with zero attached hydrogens (tertiary/aromatic N) is 5. The lowest BCUT2D eigenvalue weighted by Crippen LogP contribution is -2.11. The molecule has 0 atom stereocenters. The predicted molar refractivity (Wildman–Crippen MR) is 133 cm³/mol. The molecule has 0 unspecified atom stereocenters. The fraction of sp³-hybridized carbons (Fsp3) is 0.115. The number of nitrogens with one attached hydrogen (secondary N) is 3. The van der Waals surface area contributed by atoms with E-state index in [4.69, 9.17) is 4.98 Å². The predicted octanol–water partition coefficient (Wildman–Crippen LogP) is 4.87. The number of H-pyrrole nitrogens is 2. The monoisotopic (exact) mass is 464 g/mol. The summed E-state index contributed by atoms with van der Waals surface area (Å²) >= 11 is 0. The number of fused-ring (bicyclic) bond motifs is 2. The Morgan fingerprint density at radius 2 is 1.86 bits per heavy atom. The molecule has 6 aromatic rings. The molecule has 8 nitrogen and oxygen atoms in total. The van der Waals surface area contributed by atoms with Crippen LogP contribution in [-0.4, -0.2) is 41.7 Å². The molecule has 6 rings (SSSR count). The van der Waals surface area contributed by atoms with E-state index in [1.807, 2.05) is 30.6 Å². The van der Waals surface area contributed by atoms with Crippen molar-refractivity contribution in [2.45, 2.75) is 13.5 Å². The van der Waals surface area contributed by atoms with Crippen LogP contribution in [0.1, 0.15) is 12.5 Å². The Balaban J connectivity index is 1.43. The first-order valence-corrected chi connectivity index (χ1v) is 11.3. The molecular formula is C26H21FN8. The molecule has 3 N–H and O–H groups in total. The maximum atomic E-state index is 13.4. The Morgan fingerprint density at radius 1 is 0.971 bits per heavy atom. The van der Waals surface area contributed by atoms with Gasteiger partial charge in [-0.1, -0.05) is 19.1 Å². The zero-order valence-electron chi connectivity index (χ0n) is 18.9. The minimum atomic E-state index is -0.281. The Labute approximate surface area is 199 Å². The van der Waals surface area contributed by atoms with Crippen molar-refractivity contribution in [3.8, 4) is 33.9 Å². The Hall–Kier alpha value is -4.50. The van der Waals surface area contributed by atoms with Crippen LogP contribution in [0.25, 0.3) is 56.1 Å². The van der Waals surface area contributed by atoms with Crippen LogP contribution in [0.3, 0.4) is 0 Å². The highest BCUT2D eigenvalue weighted by molar-refractivity contribution is 5.94. The van der Waals surface area contributed by atoms with E-state index in [2.05, 4.69) is 48.4 Å². The molecule has 0 saturated heterocycles. The van der Waals surface area contributed by atoms with Crippen molar-refractivity contribution < 1.29 is 4.39 Å². The van der Waals surface area contributed by atoms with E-state index in [1.54, 1.807) is 18.3 Å². The van der Waals surface area contributed by atoms with Crippen molar-refractivity contribution in [1.82, 2.24) is 40.4 Å². The SMILES string of the molecule is CCNCc1cncc(-c2ccc3[nH]nc(-c4nc5nccc(-c6ccc(F)cc6)c5[nH]4)c3n2)c1. The highest BCUT2D eigenvalue weighted by atomic mass is 19.1. The van der Waals surface area contributed by atoms with Crippen LogP contribution in [0.4, 0.5) is 4.39 Å². The summed E-state index contributed by atoms with van der Waals surface area (Å²) in [5.74, 6) is 0.272. The van der Waals surface area contributed by atoms with E-state index in [1.165, 1.54) is 12.1 Å². The third kappa shape index (κ3) is 3.91. The molecule has 0 saturated carbocycles. The van der Waals surface area contributed by atoms with Crippen molar-refractivity contribution in [2.75, 3.05) is 6.54 Å². The Bertz CT molecular complexity index is 1650. The zero-order chi connectivity index (χ0) is 23.8. The number of halogens is 1. The quantitative estimate of drug-likeness (QED) is 0.324. The van der Waals surface area contributed by atoms with Gasteiger partial charge in [-0.15, -0.1) is 0 Å². The second-order valence-electron chi connectivity index (χ2n) is 8.18. The molecule has 1 aromatic carbocycles. The van der Waals surface area contributed by atoms with Gasteiger partial charge < -0.3 is 10.3 Å². The molecular weight excluding hydrogens is 443 g/mol. The van der Waals surface area contributed by atoms with Gasteiger partial charge in [0.2, 0.25) is 0 Å². The number of pyridine rings is 3. The highest BCUT2D eigenvalue weighted by Gasteiger charge is 2.17. The lowest BCUT2D eigenvalue weighted by Gasteiger charge is -2.05. The van der Waals surface area contributed by atoms with Crippen molar-refractivity contribution in [1.29, 1.82) is 0 Å². The number of rotatable bonds is 6. The Kier molecular flexibility index (Phi) is 5.23. The average Bonchev–Trinajstić information content (AvgIpc) is 3.51. The van der Waals surface area contributed by atoms with Crippen LogP contribution < -0.4 is 5.32 Å². The smallest absolute Gasteiger partial charge is 0.178 e. The van der Waals surface area contributed by atoms with Gasteiger partial charge in [-0.2, -0.15) is 5.10 Å². The second-order valence-corrected chi connectivity index (χ2v) is 8.18. The molecule has 0 bridgehead atoms. The van der Waals surface area contributed by atoms with Crippen LogP contribution in [0.5, 0.6) is 0 Å². The molecule has 5 aromatic heterocycles. The van der Waals surface area contributed by atoms with Crippen molar-refractivity contribution in [3.63, 3.8) is 0 Å². The number of benzene rings is 1. The van der Waals surface area contributed by atoms with E-state index >= 15 is 0 Å². The van der Waals surface area contributed by atoms with E-state index in [0.717, 1.165) is 52.1 Å². The molecule has 0 radical (unpaired) electrons. The molecule has 0 fully saturated rings. The van der Waals surface area contributed by atoms with Crippen molar-refractivity contribution >= 4 is 22.2 Å². The van der Waals surface area contributed by atoms with Gasteiger partial charge in [0, 0.05) is 36.3 Å². The maximum Gasteiger partial charge on any atom is 0.178 e. The van der Waals surface area contributed by atoms with Gasteiger partial charge in [0.05, 0.1) is 16.7 Å². The minimum Gasteiger partial charge on any atom is -0.335 e. The molecule has 172 valence electrons. The van der Waals surface area contributed by atoms with E-state index in [9.17, 15) is 4.39 Å². The topological polar surface area (TPSA) is 108 Å². The van der Waals surface area contributed by atoms with Gasteiger partial charge in [0.1, 0.15) is 11.3 Å². The molecule has 0 aliphatic rings. The fourth-order valence-electron chi connectivity index (χ4n) is 4.11. The third-order valence-corrected chi connectivity index (χ3v) is 5.85. The first-order chi connectivity index (χ1) is 17.2. The second kappa shape index (κ2) is 8.69. The lowest BCUT2D eigenvalue weighted by molar-refractivity contribution is 0.628. The van der Waals surface area contributed by atoms with Crippen LogP contribution in [0.2, 0.25) is 0 Å². The summed E-state index contributed by atoms with van der Waals surface area (Å²) in [6.07, 6.45) is 5.36. The summed E-state index contributed by atoms with van der Waals surface area (Å²) < 4.78 is 13.4. The van der Waals surface area contributed by atoms with Gasteiger partial charge >= 0.3 is 0 Å². The molecule has 35 heavy (non-hydrogen) atoms. The van der Waals surface area contributed by atoms with Gasteiger partial charge in [-0.05, 0) is 54.1 Å². The van der Waals surface area contributed by atoms with Crippen LogP contribution >= 0.6 is 0 Å². The van der Waals surface area contributed by atoms with Gasteiger partial charge in [0.25, 0.3) is 0 Å². The van der Waals surface area contributed by atoms with Gasteiger partial charge in [-0.3, -0.25) is 10.1 Å². The largest absolute Gasteiger partial charge is 0.335 e. The number of hydrogen-bond acceptors (Lipinski definition) is 6. The Morgan fingerprint density at radius 3 is 2.71 bits per heavy atom. The van der Waals surface area contributed by atoms with E-state index in [0.29, 0.717) is 22.7 Å². The molecule has 9 heteroatoms. The van der Waals surface area contributed by atoms with E-state index in [-0.39, 0.29) is 5.82 Å². The first kappa shape index (κ1) is 21.1. The number of hydrogen-bond donors (Lipinski definition) is 3. The van der Waals surface area contributed by atoms with E-state index < -0.39 is 0 Å².